The third kappa shape index (κ3) is 2.66. The summed E-state index contributed by atoms with van der Waals surface area (Å²) < 4.78 is 71.9. The Bertz CT molecular complexity index is 948. The summed E-state index contributed by atoms with van der Waals surface area (Å²) in [4.78, 5) is 16.4. The third-order valence-corrected chi connectivity index (χ3v) is 9.25. The van der Waals surface area contributed by atoms with Crippen molar-refractivity contribution < 1.29 is 31.5 Å². The summed E-state index contributed by atoms with van der Waals surface area (Å²) >= 11 is 0. The number of carbonyl (C=O) groups is 1. The zero-order chi connectivity index (χ0) is 22.4. The highest BCUT2D eigenvalue weighted by molar-refractivity contribution is 5.77. The van der Waals surface area contributed by atoms with E-state index in [1.165, 1.54) is 37.0 Å². The van der Waals surface area contributed by atoms with Crippen LogP contribution in [0.25, 0.3) is 0 Å². The number of hydrogen-bond acceptors (Lipinski definition) is 3. The molecule has 2 unspecified atom stereocenters. The van der Waals surface area contributed by atoms with Crippen LogP contribution in [-0.4, -0.2) is 55.0 Å². The molecule has 5 fully saturated rings. The second-order valence-electron chi connectivity index (χ2n) is 10.6. The van der Waals surface area contributed by atoms with Crippen molar-refractivity contribution in [3.63, 3.8) is 0 Å². The van der Waals surface area contributed by atoms with Gasteiger partial charge in [0.15, 0.2) is 12.4 Å². The third-order valence-electron chi connectivity index (χ3n) is 9.25. The summed E-state index contributed by atoms with van der Waals surface area (Å²) in [5.74, 6) is -9.69. The first kappa shape index (κ1) is 20.7. The zero-order valence-electron chi connectivity index (χ0n) is 17.6. The molecular formula is C23H25F5N2O2. The maximum Gasteiger partial charge on any atom is 0.260 e. The maximum atomic E-state index is 13.7. The molecule has 1 aliphatic heterocycles. The van der Waals surface area contributed by atoms with Gasteiger partial charge < -0.3 is 9.64 Å². The highest BCUT2D eigenvalue weighted by atomic mass is 19.2. The van der Waals surface area contributed by atoms with E-state index in [-0.39, 0.29) is 0 Å². The van der Waals surface area contributed by atoms with E-state index in [9.17, 15) is 26.7 Å². The van der Waals surface area contributed by atoms with E-state index >= 15 is 0 Å². The second-order valence-corrected chi connectivity index (χ2v) is 10.6. The number of ether oxygens (including phenoxy) is 1. The molecule has 1 spiro atoms. The van der Waals surface area contributed by atoms with Crippen LogP contribution in [0.3, 0.4) is 0 Å². The number of rotatable bonds is 5. The Balaban J connectivity index is 1.03. The van der Waals surface area contributed by atoms with Crippen molar-refractivity contribution in [3.05, 3.63) is 29.1 Å². The lowest BCUT2D eigenvalue weighted by molar-refractivity contribution is -0.177. The predicted molar refractivity (Wildman–Crippen MR) is 103 cm³/mol. The standard InChI is InChI=1S/C23H25F5N2O2/c24-16-17(25)19(27)21(20(28)18(16)26)32-9-15(31)30-3-1-29(2-4-30)11-22-7-13-5-12-6-14(8-22)23(12,13)10-22/h12-14H,1-11H2. The molecule has 2 atom stereocenters. The summed E-state index contributed by atoms with van der Waals surface area (Å²) in [6, 6.07) is 0. The van der Waals surface area contributed by atoms with Crippen LogP contribution in [0, 0.1) is 57.7 Å². The number of fused-ring (bicyclic) bond motifs is 1. The SMILES string of the molecule is O=C(COc1c(F)c(F)c(F)c(F)c1F)N1CCN(CC23CC4CC5CC(C2)C54C3)CC1. The van der Waals surface area contributed by atoms with Gasteiger partial charge in [-0.05, 0) is 60.7 Å². The Labute approximate surface area is 182 Å². The van der Waals surface area contributed by atoms with Crippen LogP contribution in [0.2, 0.25) is 0 Å². The van der Waals surface area contributed by atoms with Gasteiger partial charge >= 0.3 is 0 Å². The highest BCUT2D eigenvalue weighted by Crippen LogP contribution is 2.84. The van der Waals surface area contributed by atoms with Crippen LogP contribution in [0.1, 0.15) is 32.1 Å². The quantitative estimate of drug-likeness (QED) is 0.385. The molecule has 174 valence electrons. The minimum absolute atomic E-state index is 0.432. The van der Waals surface area contributed by atoms with Gasteiger partial charge in [-0.15, -0.1) is 0 Å². The molecule has 4 saturated carbocycles. The second kappa shape index (κ2) is 6.81. The van der Waals surface area contributed by atoms with Crippen LogP contribution in [0.5, 0.6) is 5.75 Å². The molecule has 0 radical (unpaired) electrons. The molecule has 0 N–H and O–H groups in total. The molecule has 1 aromatic rings. The van der Waals surface area contributed by atoms with Gasteiger partial charge in [-0.3, -0.25) is 9.69 Å². The van der Waals surface area contributed by atoms with Crippen molar-refractivity contribution in [1.82, 2.24) is 9.80 Å². The summed E-state index contributed by atoms with van der Waals surface area (Å²) in [7, 11) is 0. The number of piperazine rings is 1. The van der Waals surface area contributed by atoms with E-state index in [0.29, 0.717) is 37.0 Å². The summed E-state index contributed by atoms with van der Waals surface area (Å²) in [5, 5.41) is 0. The van der Waals surface area contributed by atoms with Crippen LogP contribution >= 0.6 is 0 Å². The van der Waals surface area contributed by atoms with Gasteiger partial charge in [0.25, 0.3) is 5.91 Å². The van der Waals surface area contributed by atoms with Crippen molar-refractivity contribution in [1.29, 1.82) is 0 Å². The molecule has 1 aromatic carbocycles. The molecule has 1 amide bonds. The van der Waals surface area contributed by atoms with E-state index in [4.69, 9.17) is 4.74 Å². The molecular weight excluding hydrogens is 431 g/mol. The van der Waals surface area contributed by atoms with Gasteiger partial charge in [0.2, 0.25) is 29.1 Å². The topological polar surface area (TPSA) is 32.8 Å². The Morgan fingerprint density at radius 2 is 1.41 bits per heavy atom. The van der Waals surface area contributed by atoms with Crippen molar-refractivity contribution in [2.45, 2.75) is 32.1 Å². The zero-order valence-corrected chi connectivity index (χ0v) is 17.6. The first-order valence-corrected chi connectivity index (χ1v) is 11.4. The van der Waals surface area contributed by atoms with Gasteiger partial charge in [-0.2, -0.15) is 8.78 Å². The fraction of sp³-hybridized carbons (Fsp3) is 0.696. The molecule has 1 saturated heterocycles. The molecule has 4 nitrogen and oxygen atoms in total. The van der Waals surface area contributed by atoms with Crippen LogP contribution in [0.4, 0.5) is 22.0 Å². The van der Waals surface area contributed by atoms with Crippen LogP contribution in [0.15, 0.2) is 0 Å². The van der Waals surface area contributed by atoms with Gasteiger partial charge in [0, 0.05) is 32.7 Å². The largest absolute Gasteiger partial charge is 0.477 e. The van der Waals surface area contributed by atoms with E-state index in [1.807, 2.05) is 0 Å². The highest BCUT2D eigenvalue weighted by Gasteiger charge is 2.77. The number of carbonyl (C=O) groups excluding carboxylic acids is 1. The Kier molecular flexibility index (Phi) is 4.40. The molecule has 32 heavy (non-hydrogen) atoms. The molecule has 4 aliphatic carbocycles. The fourth-order valence-corrected chi connectivity index (χ4v) is 7.99. The van der Waals surface area contributed by atoms with Crippen molar-refractivity contribution >= 4 is 5.91 Å². The van der Waals surface area contributed by atoms with Crippen molar-refractivity contribution in [3.8, 4) is 5.75 Å². The predicted octanol–water partition coefficient (Wildman–Crippen LogP) is 3.73. The smallest absolute Gasteiger partial charge is 0.260 e. The van der Waals surface area contributed by atoms with Crippen LogP contribution < -0.4 is 4.74 Å². The first-order chi connectivity index (χ1) is 15.2. The Hall–Kier alpha value is -1.90. The van der Waals surface area contributed by atoms with Crippen molar-refractivity contribution in [2.24, 2.45) is 28.6 Å². The fourth-order valence-electron chi connectivity index (χ4n) is 7.99. The molecule has 6 rings (SSSR count). The summed E-state index contributed by atoms with van der Waals surface area (Å²) in [5.41, 5.74) is 1.11. The number of nitrogens with zero attached hydrogens (tertiary/aromatic N) is 2. The van der Waals surface area contributed by atoms with E-state index in [2.05, 4.69) is 4.90 Å². The lowest BCUT2D eigenvalue weighted by Crippen LogP contribution is -2.59. The van der Waals surface area contributed by atoms with Crippen LogP contribution in [-0.2, 0) is 4.79 Å². The average Bonchev–Trinajstić information content (AvgIpc) is 3.23. The molecule has 2 bridgehead atoms. The number of amides is 1. The minimum atomic E-state index is -2.25. The van der Waals surface area contributed by atoms with Gasteiger partial charge in [-0.1, -0.05) is 0 Å². The summed E-state index contributed by atoms with van der Waals surface area (Å²) in [6.45, 7) is 2.61. The number of benzene rings is 1. The minimum Gasteiger partial charge on any atom is -0.477 e. The lowest BCUT2D eigenvalue weighted by Gasteiger charge is -2.66. The maximum absolute atomic E-state index is 13.7. The first-order valence-electron chi connectivity index (χ1n) is 11.4. The monoisotopic (exact) mass is 456 g/mol. The van der Waals surface area contributed by atoms with E-state index < -0.39 is 47.3 Å². The van der Waals surface area contributed by atoms with Gasteiger partial charge in [0.1, 0.15) is 0 Å². The average molecular weight is 456 g/mol. The van der Waals surface area contributed by atoms with Gasteiger partial charge in [0.05, 0.1) is 0 Å². The molecule has 5 aliphatic rings. The lowest BCUT2D eigenvalue weighted by atomic mass is 9.38. The molecule has 0 aromatic heterocycles. The summed E-state index contributed by atoms with van der Waals surface area (Å²) in [6.07, 6.45) is 6.89. The molecule has 9 heteroatoms. The normalized spacial score (nSPS) is 37.2. The van der Waals surface area contributed by atoms with E-state index in [0.717, 1.165) is 24.3 Å². The van der Waals surface area contributed by atoms with Crippen molar-refractivity contribution in [2.75, 3.05) is 39.3 Å². The number of hydrogen-bond donors (Lipinski definition) is 0. The molecule has 1 heterocycles. The Morgan fingerprint density at radius 1 is 0.844 bits per heavy atom. The number of halogens is 5. The Morgan fingerprint density at radius 3 is 1.94 bits per heavy atom. The van der Waals surface area contributed by atoms with E-state index in [1.54, 1.807) is 0 Å². The van der Waals surface area contributed by atoms with Gasteiger partial charge in [-0.25, -0.2) is 13.2 Å².